The number of rotatable bonds is 6. The van der Waals surface area contributed by atoms with Crippen LogP contribution in [0.25, 0.3) is 0 Å². The van der Waals surface area contributed by atoms with Gasteiger partial charge in [0.15, 0.2) is 0 Å². The summed E-state index contributed by atoms with van der Waals surface area (Å²) in [5, 5.41) is 7.14. The molecule has 0 atom stereocenters. The van der Waals surface area contributed by atoms with Gasteiger partial charge in [0.2, 0.25) is 0 Å². The molecule has 1 amide bonds. The van der Waals surface area contributed by atoms with Crippen LogP contribution in [0, 0.1) is 6.92 Å². The molecule has 2 rings (SSSR count). The van der Waals surface area contributed by atoms with Crippen molar-refractivity contribution in [3.05, 3.63) is 53.3 Å². The average Bonchev–Trinajstić information content (AvgIpc) is 2.85. The standard InChI is InChI=1S/C15H20N4O/c1-12-14(11-18-19(12)9-5-8-16)15(20)17-10-13-6-3-2-4-7-13/h2-4,6-7,11H,5,8-10,16H2,1H3,(H,17,20). The van der Waals surface area contributed by atoms with E-state index in [0.717, 1.165) is 24.2 Å². The number of amides is 1. The lowest BCUT2D eigenvalue weighted by Crippen LogP contribution is -2.23. The Morgan fingerprint density at radius 2 is 2.10 bits per heavy atom. The predicted octanol–water partition coefficient (Wildman–Crippen LogP) is 1.47. The molecule has 0 saturated carbocycles. The van der Waals surface area contributed by atoms with Crippen LogP contribution < -0.4 is 11.1 Å². The van der Waals surface area contributed by atoms with Gasteiger partial charge in [0.1, 0.15) is 0 Å². The number of nitrogens with two attached hydrogens (primary N) is 1. The third-order valence-electron chi connectivity index (χ3n) is 3.22. The van der Waals surface area contributed by atoms with E-state index in [0.29, 0.717) is 18.7 Å². The second-order valence-corrected chi connectivity index (χ2v) is 4.68. The molecule has 2 aromatic rings. The molecule has 0 radical (unpaired) electrons. The topological polar surface area (TPSA) is 72.9 Å². The van der Waals surface area contributed by atoms with Crippen LogP contribution in [0.15, 0.2) is 36.5 Å². The fourth-order valence-corrected chi connectivity index (χ4v) is 2.01. The quantitative estimate of drug-likeness (QED) is 0.836. The number of nitrogens with one attached hydrogen (secondary N) is 1. The van der Waals surface area contributed by atoms with E-state index >= 15 is 0 Å². The Morgan fingerprint density at radius 1 is 1.35 bits per heavy atom. The molecule has 3 N–H and O–H groups in total. The highest BCUT2D eigenvalue weighted by molar-refractivity contribution is 5.94. The molecule has 0 fully saturated rings. The number of nitrogens with zero attached hydrogens (tertiary/aromatic N) is 2. The molecule has 106 valence electrons. The zero-order chi connectivity index (χ0) is 14.4. The molecule has 5 nitrogen and oxygen atoms in total. The summed E-state index contributed by atoms with van der Waals surface area (Å²) in [7, 11) is 0. The maximum absolute atomic E-state index is 12.1. The third kappa shape index (κ3) is 3.45. The summed E-state index contributed by atoms with van der Waals surface area (Å²) >= 11 is 0. The van der Waals surface area contributed by atoms with Crippen molar-refractivity contribution in [2.24, 2.45) is 5.73 Å². The Bertz CT molecular complexity index is 563. The zero-order valence-corrected chi connectivity index (χ0v) is 11.7. The number of hydrogen-bond donors (Lipinski definition) is 2. The second-order valence-electron chi connectivity index (χ2n) is 4.68. The monoisotopic (exact) mass is 272 g/mol. The highest BCUT2D eigenvalue weighted by Crippen LogP contribution is 2.08. The van der Waals surface area contributed by atoms with Crippen LogP contribution in [0.1, 0.15) is 28.0 Å². The van der Waals surface area contributed by atoms with Gasteiger partial charge in [-0.3, -0.25) is 9.48 Å². The lowest BCUT2D eigenvalue weighted by molar-refractivity contribution is 0.0950. The fourth-order valence-electron chi connectivity index (χ4n) is 2.01. The molecule has 0 unspecified atom stereocenters. The molecule has 0 aliphatic heterocycles. The summed E-state index contributed by atoms with van der Waals surface area (Å²) in [6, 6.07) is 9.84. The fraction of sp³-hybridized carbons (Fsp3) is 0.333. The maximum Gasteiger partial charge on any atom is 0.255 e. The first-order chi connectivity index (χ1) is 9.72. The molecule has 0 aliphatic carbocycles. The predicted molar refractivity (Wildman–Crippen MR) is 78.2 cm³/mol. The van der Waals surface area contributed by atoms with Crippen molar-refractivity contribution in [2.45, 2.75) is 26.4 Å². The van der Waals surface area contributed by atoms with Crippen molar-refractivity contribution in [3.63, 3.8) is 0 Å². The van der Waals surface area contributed by atoms with E-state index in [2.05, 4.69) is 10.4 Å². The van der Waals surface area contributed by atoms with Gasteiger partial charge in [-0.2, -0.15) is 5.10 Å². The molecular weight excluding hydrogens is 252 g/mol. The summed E-state index contributed by atoms with van der Waals surface area (Å²) in [6.07, 6.45) is 2.47. The Balaban J connectivity index is 1.97. The van der Waals surface area contributed by atoms with E-state index in [-0.39, 0.29) is 5.91 Å². The van der Waals surface area contributed by atoms with Crippen molar-refractivity contribution in [1.29, 1.82) is 0 Å². The molecule has 0 bridgehead atoms. The highest BCUT2D eigenvalue weighted by atomic mass is 16.1. The lowest BCUT2D eigenvalue weighted by atomic mass is 10.2. The van der Waals surface area contributed by atoms with Gasteiger partial charge in [0.05, 0.1) is 11.8 Å². The van der Waals surface area contributed by atoms with E-state index in [1.54, 1.807) is 6.20 Å². The van der Waals surface area contributed by atoms with Crippen LogP contribution in [0.3, 0.4) is 0 Å². The van der Waals surface area contributed by atoms with Gasteiger partial charge in [-0.25, -0.2) is 0 Å². The number of carbonyl (C=O) groups excluding carboxylic acids is 1. The van der Waals surface area contributed by atoms with Crippen molar-refractivity contribution >= 4 is 5.91 Å². The number of aryl methyl sites for hydroxylation is 1. The van der Waals surface area contributed by atoms with E-state index < -0.39 is 0 Å². The molecule has 20 heavy (non-hydrogen) atoms. The van der Waals surface area contributed by atoms with Crippen molar-refractivity contribution in [3.8, 4) is 0 Å². The van der Waals surface area contributed by atoms with Crippen LogP contribution in [-0.2, 0) is 13.1 Å². The van der Waals surface area contributed by atoms with Crippen LogP contribution in [0.5, 0.6) is 0 Å². The van der Waals surface area contributed by atoms with Gasteiger partial charge < -0.3 is 11.1 Å². The summed E-state index contributed by atoms with van der Waals surface area (Å²) < 4.78 is 1.82. The molecule has 0 saturated heterocycles. The Hall–Kier alpha value is -2.14. The van der Waals surface area contributed by atoms with Crippen LogP contribution in [-0.4, -0.2) is 22.2 Å². The minimum absolute atomic E-state index is 0.0923. The molecular formula is C15H20N4O. The first-order valence-electron chi connectivity index (χ1n) is 6.77. The first-order valence-corrected chi connectivity index (χ1v) is 6.77. The Labute approximate surface area is 118 Å². The average molecular weight is 272 g/mol. The summed E-state index contributed by atoms with van der Waals surface area (Å²) in [4.78, 5) is 12.1. The Morgan fingerprint density at radius 3 is 2.80 bits per heavy atom. The number of aromatic nitrogens is 2. The van der Waals surface area contributed by atoms with Gasteiger partial charge in [-0.05, 0) is 25.5 Å². The van der Waals surface area contributed by atoms with Gasteiger partial charge >= 0.3 is 0 Å². The van der Waals surface area contributed by atoms with Crippen molar-refractivity contribution in [2.75, 3.05) is 6.54 Å². The van der Waals surface area contributed by atoms with Gasteiger partial charge in [-0.15, -0.1) is 0 Å². The molecule has 1 aromatic heterocycles. The lowest BCUT2D eigenvalue weighted by Gasteiger charge is -2.06. The minimum atomic E-state index is -0.0923. The van der Waals surface area contributed by atoms with E-state index in [1.807, 2.05) is 41.9 Å². The highest BCUT2D eigenvalue weighted by Gasteiger charge is 2.13. The second kappa shape index (κ2) is 6.86. The maximum atomic E-state index is 12.1. The Kier molecular flexibility index (Phi) is 4.90. The molecule has 1 aromatic carbocycles. The van der Waals surface area contributed by atoms with Gasteiger partial charge in [-0.1, -0.05) is 30.3 Å². The smallest absolute Gasteiger partial charge is 0.255 e. The summed E-state index contributed by atoms with van der Waals surface area (Å²) in [6.45, 7) is 3.79. The summed E-state index contributed by atoms with van der Waals surface area (Å²) in [5.41, 5.74) is 8.06. The molecule has 5 heteroatoms. The molecule has 1 heterocycles. The SMILES string of the molecule is Cc1c(C(=O)NCc2ccccc2)cnn1CCCN. The first kappa shape index (κ1) is 14.3. The van der Waals surface area contributed by atoms with E-state index in [9.17, 15) is 4.79 Å². The number of hydrogen-bond acceptors (Lipinski definition) is 3. The van der Waals surface area contributed by atoms with Crippen LogP contribution in [0.4, 0.5) is 0 Å². The van der Waals surface area contributed by atoms with Crippen LogP contribution >= 0.6 is 0 Å². The van der Waals surface area contributed by atoms with E-state index in [4.69, 9.17) is 5.73 Å². The third-order valence-corrected chi connectivity index (χ3v) is 3.22. The number of carbonyl (C=O) groups is 1. The summed E-state index contributed by atoms with van der Waals surface area (Å²) in [5.74, 6) is -0.0923. The number of benzene rings is 1. The van der Waals surface area contributed by atoms with Gasteiger partial charge in [0.25, 0.3) is 5.91 Å². The van der Waals surface area contributed by atoms with Crippen molar-refractivity contribution < 1.29 is 4.79 Å². The minimum Gasteiger partial charge on any atom is -0.348 e. The van der Waals surface area contributed by atoms with Crippen LogP contribution in [0.2, 0.25) is 0 Å². The van der Waals surface area contributed by atoms with Gasteiger partial charge in [0, 0.05) is 18.8 Å². The molecule has 0 aliphatic rings. The van der Waals surface area contributed by atoms with Crippen molar-refractivity contribution in [1.82, 2.24) is 15.1 Å². The molecule has 0 spiro atoms. The van der Waals surface area contributed by atoms with E-state index in [1.165, 1.54) is 0 Å². The normalized spacial score (nSPS) is 10.5. The largest absolute Gasteiger partial charge is 0.348 e. The zero-order valence-electron chi connectivity index (χ0n) is 11.7.